The summed E-state index contributed by atoms with van der Waals surface area (Å²) < 4.78 is 63.4. The minimum Gasteiger partial charge on any atom is -0.334 e. The standard InChI is InChI=1S/C9H14F5N3/c1-3-4-5-17-6-15-16(2)7(17)8(10,11)9(12,13)14/h6-7H,3-5H2,1-2H3. The van der Waals surface area contributed by atoms with E-state index in [1.807, 2.05) is 6.92 Å². The van der Waals surface area contributed by atoms with Crippen molar-refractivity contribution in [2.45, 2.75) is 38.0 Å². The average molecular weight is 259 g/mol. The van der Waals surface area contributed by atoms with Gasteiger partial charge in [-0.15, -0.1) is 0 Å². The molecule has 100 valence electrons. The molecule has 0 N–H and O–H groups in total. The molecule has 1 atom stereocenters. The van der Waals surface area contributed by atoms with Crippen molar-refractivity contribution in [3.63, 3.8) is 0 Å². The highest BCUT2D eigenvalue weighted by molar-refractivity contribution is 5.57. The Balaban J connectivity index is 2.86. The summed E-state index contributed by atoms with van der Waals surface area (Å²) >= 11 is 0. The van der Waals surface area contributed by atoms with Crippen LogP contribution in [0, 0.1) is 0 Å². The first-order valence-corrected chi connectivity index (χ1v) is 5.19. The number of halogens is 5. The van der Waals surface area contributed by atoms with Gasteiger partial charge in [-0.1, -0.05) is 13.3 Å². The molecule has 17 heavy (non-hydrogen) atoms. The molecule has 0 bridgehead atoms. The Morgan fingerprint density at radius 1 is 1.24 bits per heavy atom. The van der Waals surface area contributed by atoms with Gasteiger partial charge >= 0.3 is 12.1 Å². The van der Waals surface area contributed by atoms with Crippen molar-refractivity contribution in [1.82, 2.24) is 9.91 Å². The summed E-state index contributed by atoms with van der Waals surface area (Å²) in [6, 6.07) is 0. The van der Waals surface area contributed by atoms with Gasteiger partial charge in [-0.25, -0.2) is 0 Å². The summed E-state index contributed by atoms with van der Waals surface area (Å²) in [6.45, 7) is 1.95. The molecule has 0 saturated carbocycles. The molecule has 0 fully saturated rings. The highest BCUT2D eigenvalue weighted by Crippen LogP contribution is 2.41. The van der Waals surface area contributed by atoms with E-state index in [1.165, 1.54) is 0 Å². The third kappa shape index (κ3) is 2.61. The summed E-state index contributed by atoms with van der Waals surface area (Å²) in [4.78, 5) is 0.928. The van der Waals surface area contributed by atoms with Crippen molar-refractivity contribution >= 4 is 6.34 Å². The molecule has 3 nitrogen and oxygen atoms in total. The van der Waals surface area contributed by atoms with Gasteiger partial charge in [0.2, 0.25) is 0 Å². The molecule has 1 aliphatic heterocycles. The van der Waals surface area contributed by atoms with Gasteiger partial charge in [0.1, 0.15) is 6.34 Å². The van der Waals surface area contributed by atoms with E-state index < -0.39 is 18.3 Å². The minimum absolute atomic E-state index is 0.126. The molecular weight excluding hydrogens is 245 g/mol. The first-order valence-electron chi connectivity index (χ1n) is 5.19. The van der Waals surface area contributed by atoms with Crippen LogP contribution in [0.3, 0.4) is 0 Å². The fourth-order valence-corrected chi connectivity index (χ4v) is 1.60. The number of unbranched alkanes of at least 4 members (excludes halogenated alkanes) is 1. The molecule has 1 rings (SSSR count). The maximum Gasteiger partial charge on any atom is 0.457 e. The lowest BCUT2D eigenvalue weighted by Crippen LogP contribution is -2.58. The lowest BCUT2D eigenvalue weighted by atomic mass is 10.2. The summed E-state index contributed by atoms with van der Waals surface area (Å²) in [6.07, 6.45) is -5.40. The lowest BCUT2D eigenvalue weighted by molar-refractivity contribution is -0.312. The molecule has 0 aromatic rings. The normalized spacial score (nSPS) is 21.5. The van der Waals surface area contributed by atoms with E-state index in [0.717, 1.165) is 18.3 Å². The Morgan fingerprint density at radius 3 is 2.29 bits per heavy atom. The fourth-order valence-electron chi connectivity index (χ4n) is 1.60. The molecule has 0 amide bonds. The van der Waals surface area contributed by atoms with Crippen LogP contribution in [0.25, 0.3) is 0 Å². The molecule has 0 aromatic carbocycles. The molecule has 0 saturated heterocycles. The second kappa shape index (κ2) is 4.66. The van der Waals surface area contributed by atoms with Gasteiger partial charge in [0.05, 0.1) is 0 Å². The van der Waals surface area contributed by atoms with Crippen LogP contribution in [0.4, 0.5) is 22.0 Å². The van der Waals surface area contributed by atoms with Gasteiger partial charge < -0.3 is 4.90 Å². The topological polar surface area (TPSA) is 18.8 Å². The number of alkyl halides is 5. The molecule has 1 aliphatic rings. The van der Waals surface area contributed by atoms with E-state index in [4.69, 9.17) is 0 Å². The third-order valence-electron chi connectivity index (χ3n) is 2.52. The van der Waals surface area contributed by atoms with E-state index >= 15 is 0 Å². The minimum atomic E-state index is -5.58. The number of rotatable bonds is 4. The predicted molar refractivity (Wildman–Crippen MR) is 52.7 cm³/mol. The van der Waals surface area contributed by atoms with Crippen molar-refractivity contribution in [3.05, 3.63) is 0 Å². The van der Waals surface area contributed by atoms with E-state index in [2.05, 4.69) is 5.10 Å². The molecule has 0 aromatic heterocycles. The Labute approximate surface area is 95.9 Å². The quantitative estimate of drug-likeness (QED) is 0.722. The maximum absolute atomic E-state index is 13.3. The SMILES string of the molecule is CCCCN1C=NN(C)C1C(F)(F)C(F)(F)F. The van der Waals surface area contributed by atoms with E-state index in [-0.39, 0.29) is 6.54 Å². The lowest BCUT2D eigenvalue weighted by Gasteiger charge is -2.35. The molecule has 8 heteroatoms. The van der Waals surface area contributed by atoms with Crippen LogP contribution in [-0.4, -0.2) is 48.1 Å². The van der Waals surface area contributed by atoms with Gasteiger partial charge in [0.15, 0.2) is 6.17 Å². The highest BCUT2D eigenvalue weighted by Gasteiger charge is 2.66. The van der Waals surface area contributed by atoms with Crippen LogP contribution < -0.4 is 0 Å². The zero-order chi connectivity index (χ0) is 13.3. The Hall–Kier alpha value is -1.08. The molecule has 1 unspecified atom stereocenters. The van der Waals surface area contributed by atoms with Crippen LogP contribution in [0.1, 0.15) is 19.8 Å². The van der Waals surface area contributed by atoms with Crippen LogP contribution >= 0.6 is 0 Å². The monoisotopic (exact) mass is 259 g/mol. The van der Waals surface area contributed by atoms with E-state index in [9.17, 15) is 22.0 Å². The predicted octanol–water partition coefficient (Wildman–Crippen LogP) is 2.50. The Kier molecular flexibility index (Phi) is 3.83. The second-order valence-electron chi connectivity index (χ2n) is 3.89. The summed E-state index contributed by atoms with van der Waals surface area (Å²) in [5, 5.41) is 4.13. The molecule has 0 spiro atoms. The van der Waals surface area contributed by atoms with Crippen molar-refractivity contribution in [3.8, 4) is 0 Å². The number of nitrogens with zero attached hydrogens (tertiary/aromatic N) is 3. The van der Waals surface area contributed by atoms with Crippen LogP contribution in [0.2, 0.25) is 0 Å². The first-order chi connectivity index (χ1) is 7.71. The number of hydrogen-bond acceptors (Lipinski definition) is 3. The van der Waals surface area contributed by atoms with Crippen molar-refractivity contribution in [2.24, 2.45) is 5.10 Å². The molecule has 1 heterocycles. The molecular formula is C9H14F5N3. The van der Waals surface area contributed by atoms with Crippen molar-refractivity contribution < 1.29 is 22.0 Å². The van der Waals surface area contributed by atoms with Gasteiger partial charge in [-0.05, 0) is 6.42 Å². The Morgan fingerprint density at radius 2 is 1.82 bits per heavy atom. The largest absolute Gasteiger partial charge is 0.457 e. The number of hydrogen-bond donors (Lipinski definition) is 0. The summed E-state index contributed by atoms with van der Waals surface area (Å²) in [5.74, 6) is -4.81. The highest BCUT2D eigenvalue weighted by atomic mass is 19.4. The van der Waals surface area contributed by atoms with Crippen molar-refractivity contribution in [2.75, 3.05) is 13.6 Å². The van der Waals surface area contributed by atoms with Crippen LogP contribution in [0.5, 0.6) is 0 Å². The van der Waals surface area contributed by atoms with E-state index in [0.29, 0.717) is 17.9 Å². The smallest absolute Gasteiger partial charge is 0.334 e. The molecule has 0 aliphatic carbocycles. The zero-order valence-electron chi connectivity index (χ0n) is 9.51. The second-order valence-corrected chi connectivity index (χ2v) is 3.89. The van der Waals surface area contributed by atoms with Gasteiger partial charge in [-0.2, -0.15) is 27.1 Å². The Bertz CT molecular complexity index is 289. The summed E-state index contributed by atoms with van der Waals surface area (Å²) in [5.41, 5.74) is 0. The first kappa shape index (κ1) is 14.0. The van der Waals surface area contributed by atoms with Crippen LogP contribution in [0.15, 0.2) is 5.10 Å². The zero-order valence-corrected chi connectivity index (χ0v) is 9.51. The maximum atomic E-state index is 13.3. The number of hydrazone groups is 1. The van der Waals surface area contributed by atoms with Gasteiger partial charge in [0, 0.05) is 13.6 Å². The van der Waals surface area contributed by atoms with Gasteiger partial charge in [-0.3, -0.25) is 5.01 Å². The van der Waals surface area contributed by atoms with Gasteiger partial charge in [0.25, 0.3) is 0 Å². The third-order valence-corrected chi connectivity index (χ3v) is 2.52. The van der Waals surface area contributed by atoms with Crippen LogP contribution in [-0.2, 0) is 0 Å². The van der Waals surface area contributed by atoms with E-state index in [1.54, 1.807) is 0 Å². The average Bonchev–Trinajstić information content (AvgIpc) is 2.55. The van der Waals surface area contributed by atoms with Crippen molar-refractivity contribution in [1.29, 1.82) is 0 Å². The molecule has 0 radical (unpaired) electrons. The fraction of sp³-hybridized carbons (Fsp3) is 0.889. The summed E-state index contributed by atoms with van der Waals surface area (Å²) in [7, 11) is 1.10.